The monoisotopic (exact) mass is 419 g/mol. The molecule has 4 rings (SSSR count). The van der Waals surface area contributed by atoms with Crippen LogP contribution in [-0.2, 0) is 6.54 Å². The van der Waals surface area contributed by atoms with Crippen molar-refractivity contribution in [3.63, 3.8) is 0 Å². The van der Waals surface area contributed by atoms with E-state index in [9.17, 15) is 9.59 Å². The van der Waals surface area contributed by atoms with Crippen LogP contribution in [0.25, 0.3) is 0 Å². The predicted octanol–water partition coefficient (Wildman–Crippen LogP) is 3.72. The molecule has 0 aromatic heterocycles. The Kier molecular flexibility index (Phi) is 4.85. The minimum absolute atomic E-state index is 0.0964. The van der Waals surface area contributed by atoms with Crippen LogP contribution in [0.1, 0.15) is 15.9 Å². The van der Waals surface area contributed by atoms with Crippen molar-refractivity contribution in [3.05, 3.63) is 63.6 Å². The molecule has 1 spiro atoms. The van der Waals surface area contributed by atoms with E-state index < -0.39 is 5.97 Å². The van der Waals surface area contributed by atoms with Crippen molar-refractivity contribution in [2.75, 3.05) is 31.1 Å². The van der Waals surface area contributed by atoms with E-state index in [2.05, 4.69) is 10.2 Å². The highest BCUT2D eigenvalue weighted by molar-refractivity contribution is 6.35. The van der Waals surface area contributed by atoms with Crippen molar-refractivity contribution in [1.82, 2.24) is 10.2 Å². The van der Waals surface area contributed by atoms with Crippen LogP contribution in [0.15, 0.2) is 42.5 Å². The molecule has 2 fully saturated rings. The highest BCUT2D eigenvalue weighted by atomic mass is 35.5. The zero-order valence-electron chi connectivity index (χ0n) is 15.0. The van der Waals surface area contributed by atoms with Gasteiger partial charge in [-0.2, -0.15) is 0 Å². The van der Waals surface area contributed by atoms with Crippen molar-refractivity contribution >= 4 is 40.9 Å². The van der Waals surface area contributed by atoms with Gasteiger partial charge in [0.05, 0.1) is 5.56 Å². The number of hydrogen-bond acceptors (Lipinski definition) is 3. The Morgan fingerprint density at radius 2 is 1.71 bits per heavy atom. The van der Waals surface area contributed by atoms with Gasteiger partial charge in [0.1, 0.15) is 0 Å². The molecule has 0 aliphatic carbocycles. The summed E-state index contributed by atoms with van der Waals surface area (Å²) in [5.74, 6) is -0.924. The Hall–Kier alpha value is -2.44. The van der Waals surface area contributed by atoms with Crippen LogP contribution in [0.4, 0.5) is 10.5 Å². The number of nitrogens with one attached hydrogen (secondary N) is 1. The number of hydrogen-bond donors (Lipinski definition) is 2. The van der Waals surface area contributed by atoms with Crippen molar-refractivity contribution in [2.45, 2.75) is 6.54 Å². The molecule has 0 radical (unpaired) electrons. The van der Waals surface area contributed by atoms with Gasteiger partial charge in [0.2, 0.25) is 0 Å². The fraction of sp³-hybridized carbons (Fsp3) is 0.300. The van der Waals surface area contributed by atoms with E-state index in [1.54, 1.807) is 29.2 Å². The summed E-state index contributed by atoms with van der Waals surface area (Å²) in [5.41, 5.74) is 2.26. The fourth-order valence-electron chi connectivity index (χ4n) is 3.82. The first kappa shape index (κ1) is 18.9. The summed E-state index contributed by atoms with van der Waals surface area (Å²) in [5, 5.41) is 13.0. The van der Waals surface area contributed by atoms with Crippen molar-refractivity contribution < 1.29 is 14.7 Å². The van der Waals surface area contributed by atoms with Gasteiger partial charge in [-0.1, -0.05) is 29.3 Å². The molecule has 146 valence electrons. The predicted molar refractivity (Wildman–Crippen MR) is 108 cm³/mol. The van der Waals surface area contributed by atoms with Crippen LogP contribution < -0.4 is 10.2 Å². The van der Waals surface area contributed by atoms with E-state index in [1.807, 2.05) is 18.2 Å². The van der Waals surface area contributed by atoms with Crippen LogP contribution in [0, 0.1) is 5.41 Å². The lowest BCUT2D eigenvalue weighted by atomic mass is 9.72. The number of anilines is 1. The topological polar surface area (TPSA) is 72.9 Å². The molecule has 0 saturated carbocycles. The molecule has 2 aromatic rings. The SMILES string of the molecule is O=C(O)c1ccc(N2CC3(CN(C(=O)NCc4ccc(Cl)cc4Cl)C3)C2)cc1. The first-order valence-corrected chi connectivity index (χ1v) is 9.66. The number of rotatable bonds is 4. The molecule has 2 aliphatic rings. The molecular weight excluding hydrogens is 401 g/mol. The summed E-state index contributed by atoms with van der Waals surface area (Å²) in [7, 11) is 0. The highest BCUT2D eigenvalue weighted by Crippen LogP contribution is 2.41. The third-order valence-electron chi connectivity index (χ3n) is 5.32. The molecule has 2 aliphatic heterocycles. The first-order chi connectivity index (χ1) is 13.3. The second-order valence-corrected chi connectivity index (χ2v) is 8.30. The molecule has 0 atom stereocenters. The first-order valence-electron chi connectivity index (χ1n) is 8.90. The number of likely N-dealkylation sites (tertiary alicyclic amines) is 1. The van der Waals surface area contributed by atoms with Gasteiger partial charge < -0.3 is 20.2 Å². The van der Waals surface area contributed by atoms with Gasteiger partial charge in [-0.3, -0.25) is 0 Å². The molecule has 8 heteroatoms. The van der Waals surface area contributed by atoms with E-state index in [4.69, 9.17) is 28.3 Å². The van der Waals surface area contributed by atoms with Gasteiger partial charge >= 0.3 is 12.0 Å². The van der Waals surface area contributed by atoms with Crippen LogP contribution in [0.5, 0.6) is 0 Å². The summed E-state index contributed by atoms with van der Waals surface area (Å²) < 4.78 is 0. The Bertz CT molecular complexity index is 919. The van der Waals surface area contributed by atoms with E-state index in [0.29, 0.717) is 16.6 Å². The fourth-order valence-corrected chi connectivity index (χ4v) is 4.29. The Morgan fingerprint density at radius 1 is 1.04 bits per heavy atom. The van der Waals surface area contributed by atoms with Crippen LogP contribution in [0.2, 0.25) is 10.0 Å². The Morgan fingerprint density at radius 3 is 2.32 bits per heavy atom. The quantitative estimate of drug-likeness (QED) is 0.791. The van der Waals surface area contributed by atoms with E-state index in [0.717, 1.165) is 37.4 Å². The number of amides is 2. The van der Waals surface area contributed by atoms with E-state index in [1.165, 1.54) is 0 Å². The number of carboxylic acids is 1. The number of nitrogens with zero attached hydrogens (tertiary/aromatic N) is 2. The zero-order valence-corrected chi connectivity index (χ0v) is 16.5. The van der Waals surface area contributed by atoms with Gasteiger partial charge in [0.25, 0.3) is 0 Å². The Balaban J connectivity index is 1.24. The van der Waals surface area contributed by atoms with E-state index in [-0.39, 0.29) is 17.0 Å². The van der Waals surface area contributed by atoms with Gasteiger partial charge in [-0.15, -0.1) is 0 Å². The lowest BCUT2D eigenvalue weighted by Crippen LogP contribution is -2.73. The maximum absolute atomic E-state index is 12.3. The molecule has 2 aromatic carbocycles. The maximum atomic E-state index is 12.3. The number of halogens is 2. The second-order valence-electron chi connectivity index (χ2n) is 7.46. The summed E-state index contributed by atoms with van der Waals surface area (Å²) >= 11 is 12.0. The number of carboxylic acid groups (broad SMARTS) is 1. The minimum atomic E-state index is -0.924. The molecule has 2 saturated heterocycles. The summed E-state index contributed by atoms with van der Waals surface area (Å²) in [4.78, 5) is 27.3. The average Bonchev–Trinajstić information content (AvgIpc) is 2.59. The third-order valence-corrected chi connectivity index (χ3v) is 5.90. The standard InChI is InChI=1S/C20H19Cl2N3O3/c21-15-4-1-14(17(22)7-15)8-23-19(28)25-11-20(12-25)9-24(10-20)16-5-2-13(3-6-16)18(26)27/h1-7H,8-12H2,(H,23,28)(H,26,27). The normalized spacial score (nSPS) is 17.1. The van der Waals surface area contributed by atoms with Crippen LogP contribution >= 0.6 is 23.2 Å². The smallest absolute Gasteiger partial charge is 0.335 e. The summed E-state index contributed by atoms with van der Waals surface area (Å²) in [6.07, 6.45) is 0. The molecule has 2 amide bonds. The number of carbonyl (C=O) groups excluding carboxylic acids is 1. The molecule has 2 heterocycles. The minimum Gasteiger partial charge on any atom is -0.478 e. The largest absolute Gasteiger partial charge is 0.478 e. The Labute approximate surface area is 172 Å². The molecule has 0 bridgehead atoms. The summed E-state index contributed by atoms with van der Waals surface area (Å²) in [6.45, 7) is 3.53. The van der Waals surface area contributed by atoms with Crippen LogP contribution in [-0.4, -0.2) is 48.2 Å². The molecular formula is C20H19Cl2N3O3. The number of aromatic carboxylic acids is 1. The van der Waals surface area contributed by atoms with Crippen LogP contribution in [0.3, 0.4) is 0 Å². The van der Waals surface area contributed by atoms with Crippen molar-refractivity contribution in [2.24, 2.45) is 5.41 Å². The molecule has 6 nitrogen and oxygen atoms in total. The molecule has 0 unspecified atom stereocenters. The highest BCUT2D eigenvalue weighted by Gasteiger charge is 2.53. The summed E-state index contributed by atoms with van der Waals surface area (Å²) in [6, 6.07) is 12.0. The van der Waals surface area contributed by atoms with Gasteiger partial charge in [-0.05, 0) is 42.0 Å². The number of urea groups is 1. The average molecular weight is 420 g/mol. The number of benzene rings is 2. The van der Waals surface area contributed by atoms with Crippen molar-refractivity contribution in [1.29, 1.82) is 0 Å². The lowest BCUT2D eigenvalue weighted by molar-refractivity contribution is 0.00767. The third kappa shape index (κ3) is 3.62. The van der Waals surface area contributed by atoms with Gasteiger partial charge in [-0.25, -0.2) is 9.59 Å². The second kappa shape index (κ2) is 7.18. The molecule has 28 heavy (non-hydrogen) atoms. The maximum Gasteiger partial charge on any atom is 0.335 e. The van der Waals surface area contributed by atoms with Crippen molar-refractivity contribution in [3.8, 4) is 0 Å². The molecule has 2 N–H and O–H groups in total. The lowest BCUT2D eigenvalue weighted by Gasteiger charge is -2.60. The number of carbonyl (C=O) groups is 2. The van der Waals surface area contributed by atoms with E-state index >= 15 is 0 Å². The van der Waals surface area contributed by atoms with Gasteiger partial charge in [0, 0.05) is 53.9 Å². The zero-order chi connectivity index (χ0) is 19.9. The van der Waals surface area contributed by atoms with Gasteiger partial charge in [0.15, 0.2) is 0 Å².